The van der Waals surface area contributed by atoms with Crippen molar-refractivity contribution in [2.75, 3.05) is 40.0 Å². The Balaban J connectivity index is 1.43. The molecule has 23 heavy (non-hydrogen) atoms. The van der Waals surface area contributed by atoms with Gasteiger partial charge in [0.15, 0.2) is 5.96 Å². The van der Waals surface area contributed by atoms with E-state index in [1.165, 1.54) is 0 Å². The molecule has 1 aliphatic heterocycles. The molecule has 0 radical (unpaired) electrons. The summed E-state index contributed by atoms with van der Waals surface area (Å²) in [6, 6.07) is 0. The Bertz CT molecular complexity index is 431. The molecule has 0 aromatic carbocycles. The molecular formula is C15H28N6O2. The molecule has 8 nitrogen and oxygen atoms in total. The molecule has 1 atom stereocenters. The van der Waals surface area contributed by atoms with Crippen LogP contribution in [-0.4, -0.2) is 66.8 Å². The topological polar surface area (TPSA) is 85.6 Å². The van der Waals surface area contributed by atoms with Crippen LogP contribution in [-0.2, 0) is 16.0 Å². The molecule has 1 saturated heterocycles. The van der Waals surface area contributed by atoms with Crippen molar-refractivity contribution in [3.05, 3.63) is 12.7 Å². The number of aromatic nitrogens is 3. The molecule has 2 N–H and O–H groups in total. The van der Waals surface area contributed by atoms with Crippen molar-refractivity contribution in [3.8, 4) is 0 Å². The summed E-state index contributed by atoms with van der Waals surface area (Å²) in [6.45, 7) is 5.04. The molecule has 0 saturated carbocycles. The van der Waals surface area contributed by atoms with Crippen molar-refractivity contribution in [3.63, 3.8) is 0 Å². The number of aliphatic imine (C=N–C) groups is 1. The second-order valence-electron chi connectivity index (χ2n) is 5.54. The van der Waals surface area contributed by atoms with Gasteiger partial charge in [-0.15, -0.1) is 10.2 Å². The Hall–Kier alpha value is -1.67. The fraction of sp³-hybridized carbons (Fsp3) is 0.800. The van der Waals surface area contributed by atoms with Gasteiger partial charge in [0.25, 0.3) is 0 Å². The number of hydrogen-bond acceptors (Lipinski definition) is 5. The Morgan fingerprint density at radius 3 is 2.74 bits per heavy atom. The standard InChI is InChI=1S/C15H28N6O2/c1-16-15(17-6-2-3-8-21-12-19-20-13-21)18-7-4-9-23-14-5-10-22-11-14/h12-14H,2-11H2,1H3,(H2,16,17,18). The van der Waals surface area contributed by atoms with Gasteiger partial charge in [-0.05, 0) is 25.7 Å². The maximum Gasteiger partial charge on any atom is 0.190 e. The van der Waals surface area contributed by atoms with Crippen LogP contribution in [0, 0.1) is 0 Å². The fourth-order valence-electron chi connectivity index (χ4n) is 2.36. The molecule has 1 fully saturated rings. The highest BCUT2D eigenvalue weighted by molar-refractivity contribution is 5.79. The first-order chi connectivity index (χ1) is 11.4. The van der Waals surface area contributed by atoms with Crippen molar-refractivity contribution in [1.29, 1.82) is 0 Å². The van der Waals surface area contributed by atoms with Crippen LogP contribution in [0.2, 0.25) is 0 Å². The van der Waals surface area contributed by atoms with E-state index in [0.717, 1.165) is 71.1 Å². The minimum atomic E-state index is 0.290. The SMILES string of the molecule is CN=C(NCCCCn1cnnc1)NCCCOC1CCOC1. The van der Waals surface area contributed by atoms with E-state index in [-0.39, 0.29) is 6.10 Å². The van der Waals surface area contributed by atoms with Gasteiger partial charge < -0.3 is 24.7 Å². The minimum Gasteiger partial charge on any atom is -0.379 e. The third-order valence-electron chi connectivity index (χ3n) is 3.68. The maximum atomic E-state index is 5.73. The van der Waals surface area contributed by atoms with Crippen molar-refractivity contribution in [2.45, 2.75) is 38.3 Å². The third-order valence-corrected chi connectivity index (χ3v) is 3.68. The van der Waals surface area contributed by atoms with E-state index in [9.17, 15) is 0 Å². The van der Waals surface area contributed by atoms with Crippen molar-refractivity contribution < 1.29 is 9.47 Å². The zero-order chi connectivity index (χ0) is 16.2. The molecule has 0 aliphatic carbocycles. The number of ether oxygens (including phenoxy) is 2. The summed E-state index contributed by atoms with van der Waals surface area (Å²) in [6.07, 6.45) is 7.92. The zero-order valence-electron chi connectivity index (χ0n) is 13.9. The van der Waals surface area contributed by atoms with Crippen LogP contribution in [0.3, 0.4) is 0 Å². The second kappa shape index (κ2) is 11.0. The Morgan fingerprint density at radius 1 is 1.26 bits per heavy atom. The van der Waals surface area contributed by atoms with Gasteiger partial charge in [-0.3, -0.25) is 4.99 Å². The molecule has 0 bridgehead atoms. The van der Waals surface area contributed by atoms with E-state index >= 15 is 0 Å². The molecule has 1 aromatic heterocycles. The van der Waals surface area contributed by atoms with E-state index in [1.807, 2.05) is 4.57 Å². The van der Waals surface area contributed by atoms with Crippen LogP contribution < -0.4 is 10.6 Å². The Kier molecular flexibility index (Phi) is 8.42. The molecule has 1 unspecified atom stereocenters. The quantitative estimate of drug-likeness (QED) is 0.368. The summed E-state index contributed by atoms with van der Waals surface area (Å²) in [5.41, 5.74) is 0. The van der Waals surface area contributed by atoms with Gasteiger partial charge >= 0.3 is 0 Å². The van der Waals surface area contributed by atoms with Crippen molar-refractivity contribution >= 4 is 5.96 Å². The van der Waals surface area contributed by atoms with E-state index in [4.69, 9.17) is 9.47 Å². The molecule has 0 spiro atoms. The lowest BCUT2D eigenvalue weighted by Gasteiger charge is -2.13. The van der Waals surface area contributed by atoms with Crippen LogP contribution in [0.5, 0.6) is 0 Å². The van der Waals surface area contributed by atoms with Crippen molar-refractivity contribution in [2.24, 2.45) is 4.99 Å². The number of aryl methyl sites for hydroxylation is 1. The predicted molar refractivity (Wildman–Crippen MR) is 88.4 cm³/mol. The lowest BCUT2D eigenvalue weighted by Crippen LogP contribution is -2.38. The lowest BCUT2D eigenvalue weighted by molar-refractivity contribution is 0.0420. The van der Waals surface area contributed by atoms with E-state index < -0.39 is 0 Å². The lowest BCUT2D eigenvalue weighted by atomic mass is 10.3. The molecule has 8 heteroatoms. The number of rotatable bonds is 10. The summed E-state index contributed by atoms with van der Waals surface area (Å²) < 4.78 is 13.0. The van der Waals surface area contributed by atoms with Gasteiger partial charge in [0.2, 0.25) is 0 Å². The monoisotopic (exact) mass is 324 g/mol. The average molecular weight is 324 g/mol. The normalized spacial score (nSPS) is 18.3. The van der Waals surface area contributed by atoms with Gasteiger partial charge in [0.1, 0.15) is 12.7 Å². The van der Waals surface area contributed by atoms with Crippen LogP contribution in [0.1, 0.15) is 25.7 Å². The number of guanidine groups is 1. The molecule has 1 aliphatic rings. The predicted octanol–water partition coefficient (Wildman–Crippen LogP) is 0.419. The highest BCUT2D eigenvalue weighted by atomic mass is 16.5. The van der Waals surface area contributed by atoms with Gasteiger partial charge in [0, 0.05) is 39.9 Å². The molecule has 0 amide bonds. The van der Waals surface area contributed by atoms with E-state index in [2.05, 4.69) is 25.8 Å². The number of unbranched alkanes of at least 4 members (excludes halogenated alkanes) is 1. The van der Waals surface area contributed by atoms with Crippen LogP contribution in [0.15, 0.2) is 17.6 Å². The summed E-state index contributed by atoms with van der Waals surface area (Å²) in [5, 5.41) is 14.2. The summed E-state index contributed by atoms with van der Waals surface area (Å²) >= 11 is 0. The Labute approximate surface area is 137 Å². The van der Waals surface area contributed by atoms with Crippen LogP contribution in [0.25, 0.3) is 0 Å². The highest BCUT2D eigenvalue weighted by Gasteiger charge is 2.15. The maximum absolute atomic E-state index is 5.73. The van der Waals surface area contributed by atoms with Crippen LogP contribution in [0.4, 0.5) is 0 Å². The van der Waals surface area contributed by atoms with Gasteiger partial charge in [-0.1, -0.05) is 0 Å². The van der Waals surface area contributed by atoms with E-state index in [0.29, 0.717) is 0 Å². The summed E-state index contributed by atoms with van der Waals surface area (Å²) in [4.78, 5) is 4.22. The Morgan fingerprint density at radius 2 is 2.04 bits per heavy atom. The van der Waals surface area contributed by atoms with Gasteiger partial charge in [-0.2, -0.15) is 0 Å². The minimum absolute atomic E-state index is 0.290. The summed E-state index contributed by atoms with van der Waals surface area (Å²) in [7, 11) is 1.79. The highest BCUT2D eigenvalue weighted by Crippen LogP contribution is 2.07. The molecule has 130 valence electrons. The number of hydrogen-bond donors (Lipinski definition) is 2. The fourth-order valence-corrected chi connectivity index (χ4v) is 2.36. The smallest absolute Gasteiger partial charge is 0.190 e. The van der Waals surface area contributed by atoms with E-state index in [1.54, 1.807) is 19.7 Å². The molecular weight excluding hydrogens is 296 g/mol. The van der Waals surface area contributed by atoms with Crippen molar-refractivity contribution in [1.82, 2.24) is 25.4 Å². The first-order valence-electron chi connectivity index (χ1n) is 8.35. The average Bonchev–Trinajstić information content (AvgIpc) is 3.26. The van der Waals surface area contributed by atoms with Gasteiger partial charge in [0.05, 0.1) is 12.7 Å². The van der Waals surface area contributed by atoms with Gasteiger partial charge in [-0.25, -0.2) is 0 Å². The largest absolute Gasteiger partial charge is 0.379 e. The third kappa shape index (κ3) is 7.43. The second-order valence-corrected chi connectivity index (χ2v) is 5.54. The molecule has 2 rings (SSSR count). The molecule has 2 heterocycles. The first-order valence-corrected chi connectivity index (χ1v) is 8.35. The zero-order valence-corrected chi connectivity index (χ0v) is 13.9. The number of nitrogens with one attached hydrogen (secondary N) is 2. The molecule has 1 aromatic rings. The number of nitrogens with zero attached hydrogens (tertiary/aromatic N) is 4. The first kappa shape index (κ1) is 17.7. The van der Waals surface area contributed by atoms with Crippen LogP contribution >= 0.6 is 0 Å². The summed E-state index contributed by atoms with van der Waals surface area (Å²) in [5.74, 6) is 0.846.